The minimum atomic E-state index is -0.120. The fourth-order valence-corrected chi connectivity index (χ4v) is 7.29. The van der Waals surface area contributed by atoms with Crippen LogP contribution < -0.4 is 5.32 Å². The number of rotatable bonds is 5. The number of amides is 1. The Kier molecular flexibility index (Phi) is 5.96. The maximum absolute atomic E-state index is 12.8. The predicted molar refractivity (Wildman–Crippen MR) is 133 cm³/mol. The second-order valence-corrected chi connectivity index (χ2v) is 10.9. The van der Waals surface area contributed by atoms with E-state index in [4.69, 9.17) is 0 Å². The molecule has 0 atom stereocenters. The van der Waals surface area contributed by atoms with Crippen molar-refractivity contribution in [3.05, 3.63) is 57.5 Å². The van der Waals surface area contributed by atoms with Gasteiger partial charge in [-0.3, -0.25) is 4.79 Å². The first-order valence-corrected chi connectivity index (χ1v) is 13.0. The fraction of sp³-hybridized carbons (Fsp3) is 0.250. The molecule has 0 saturated carbocycles. The summed E-state index contributed by atoms with van der Waals surface area (Å²) in [6, 6.07) is 12.5. The number of aryl methyl sites for hydroxylation is 2. The van der Waals surface area contributed by atoms with Crippen LogP contribution in [0.4, 0.5) is 5.00 Å². The van der Waals surface area contributed by atoms with Crippen molar-refractivity contribution >= 4 is 55.6 Å². The molecule has 1 amide bonds. The number of nitrogens with one attached hydrogen (secondary N) is 1. The van der Waals surface area contributed by atoms with E-state index in [0.29, 0.717) is 10.6 Å². The van der Waals surface area contributed by atoms with Crippen molar-refractivity contribution < 1.29 is 4.79 Å². The lowest BCUT2D eigenvalue weighted by Crippen LogP contribution is -2.14. The summed E-state index contributed by atoms with van der Waals surface area (Å²) in [6.45, 7) is 2.10. The number of aromatic nitrogens is 2. The molecule has 3 aromatic heterocycles. The van der Waals surface area contributed by atoms with Crippen LogP contribution in [0.15, 0.2) is 41.7 Å². The van der Waals surface area contributed by atoms with Gasteiger partial charge in [-0.15, -0.1) is 22.7 Å². The van der Waals surface area contributed by atoms with Crippen LogP contribution in [0, 0.1) is 18.3 Å². The van der Waals surface area contributed by atoms with Gasteiger partial charge in [0, 0.05) is 15.3 Å². The second-order valence-electron chi connectivity index (χ2n) is 7.62. The van der Waals surface area contributed by atoms with Gasteiger partial charge in [-0.1, -0.05) is 42.1 Å². The zero-order valence-corrected chi connectivity index (χ0v) is 19.9. The van der Waals surface area contributed by atoms with E-state index in [1.807, 2.05) is 18.2 Å². The van der Waals surface area contributed by atoms with E-state index in [0.717, 1.165) is 57.6 Å². The maximum Gasteiger partial charge on any atom is 0.235 e. The summed E-state index contributed by atoms with van der Waals surface area (Å²) in [6.07, 6.45) is 5.74. The number of nitriles is 1. The van der Waals surface area contributed by atoms with Gasteiger partial charge < -0.3 is 5.32 Å². The smallest absolute Gasteiger partial charge is 0.235 e. The molecule has 0 aliphatic heterocycles. The molecule has 0 unspecified atom stereocenters. The summed E-state index contributed by atoms with van der Waals surface area (Å²) in [5.74, 6) is 0.105. The number of anilines is 1. The van der Waals surface area contributed by atoms with Gasteiger partial charge in [0.2, 0.25) is 5.91 Å². The second kappa shape index (κ2) is 9.02. The minimum Gasteiger partial charge on any atom is -0.316 e. The molecule has 1 aliphatic carbocycles. The van der Waals surface area contributed by atoms with Gasteiger partial charge in [-0.25, -0.2) is 9.97 Å². The van der Waals surface area contributed by atoms with Crippen molar-refractivity contribution in [2.75, 3.05) is 11.1 Å². The molecule has 1 aliphatic rings. The quantitative estimate of drug-likeness (QED) is 0.274. The van der Waals surface area contributed by atoms with Gasteiger partial charge in [0.05, 0.1) is 16.7 Å². The molecule has 5 rings (SSSR count). The minimum absolute atomic E-state index is 0.120. The molecule has 0 radical (unpaired) electrons. The Morgan fingerprint density at radius 2 is 2.00 bits per heavy atom. The highest BCUT2D eigenvalue weighted by Gasteiger charge is 2.22. The van der Waals surface area contributed by atoms with E-state index in [1.54, 1.807) is 29.0 Å². The first-order valence-electron chi connectivity index (χ1n) is 10.4. The Bertz CT molecular complexity index is 1350. The summed E-state index contributed by atoms with van der Waals surface area (Å²) in [4.78, 5) is 25.1. The molecule has 5 nitrogen and oxygen atoms in total. The predicted octanol–water partition coefficient (Wildman–Crippen LogP) is 6.21. The molecule has 0 spiro atoms. The first kappa shape index (κ1) is 21.1. The van der Waals surface area contributed by atoms with Crippen LogP contribution in [0.25, 0.3) is 21.3 Å². The van der Waals surface area contributed by atoms with E-state index in [1.165, 1.54) is 21.5 Å². The van der Waals surface area contributed by atoms with Crippen LogP contribution in [-0.4, -0.2) is 21.6 Å². The summed E-state index contributed by atoms with van der Waals surface area (Å²) in [7, 11) is 0. The molecular formula is C24H20N4OS3. The Labute approximate surface area is 198 Å². The van der Waals surface area contributed by atoms with Crippen LogP contribution in [0.3, 0.4) is 0 Å². The number of fused-ring (bicyclic) bond motifs is 2. The number of carbonyl (C=O) groups is 1. The number of nitrogens with zero attached hydrogens (tertiary/aromatic N) is 3. The SMILES string of the molecule is Cc1sc2ncnc(SCC(=O)Nc3sc4c(c3C#N)CCCC4)c2c1-c1ccccc1. The largest absolute Gasteiger partial charge is 0.316 e. The Balaban J connectivity index is 1.39. The van der Waals surface area contributed by atoms with Crippen molar-refractivity contribution in [3.8, 4) is 17.2 Å². The Morgan fingerprint density at radius 3 is 2.81 bits per heavy atom. The average molecular weight is 477 g/mol. The van der Waals surface area contributed by atoms with Crippen LogP contribution in [0.1, 0.15) is 33.7 Å². The summed E-state index contributed by atoms with van der Waals surface area (Å²) < 4.78 is 0. The third kappa shape index (κ3) is 3.92. The first-order chi connectivity index (χ1) is 15.7. The molecule has 0 fully saturated rings. The molecular weight excluding hydrogens is 456 g/mol. The Morgan fingerprint density at radius 1 is 1.19 bits per heavy atom. The van der Waals surface area contributed by atoms with Crippen molar-refractivity contribution in [2.24, 2.45) is 0 Å². The monoisotopic (exact) mass is 476 g/mol. The lowest BCUT2D eigenvalue weighted by molar-refractivity contribution is -0.113. The molecule has 32 heavy (non-hydrogen) atoms. The lowest BCUT2D eigenvalue weighted by Gasteiger charge is -2.09. The number of hydrogen-bond acceptors (Lipinski definition) is 7. The van der Waals surface area contributed by atoms with Gasteiger partial charge >= 0.3 is 0 Å². The van der Waals surface area contributed by atoms with E-state index in [2.05, 4.69) is 40.4 Å². The topological polar surface area (TPSA) is 78.7 Å². The third-order valence-electron chi connectivity index (χ3n) is 5.57. The standard InChI is InChI=1S/C24H20N4OS3/c1-14-20(15-7-3-2-4-8-15)21-23(26-13-27-24(21)31-14)30-12-19(29)28-22-17(11-25)16-9-5-6-10-18(16)32-22/h2-4,7-8,13H,5-6,9-10,12H2,1H3,(H,28,29). The van der Waals surface area contributed by atoms with Crippen LogP contribution in [0.5, 0.6) is 0 Å². The van der Waals surface area contributed by atoms with Crippen molar-refractivity contribution in [3.63, 3.8) is 0 Å². The zero-order chi connectivity index (χ0) is 22.1. The summed E-state index contributed by atoms with van der Waals surface area (Å²) in [5.41, 5.74) is 4.03. The summed E-state index contributed by atoms with van der Waals surface area (Å²) in [5, 5.41) is 15.1. The van der Waals surface area contributed by atoms with Crippen LogP contribution >= 0.6 is 34.4 Å². The highest BCUT2D eigenvalue weighted by molar-refractivity contribution is 8.00. The van der Waals surface area contributed by atoms with E-state index in [-0.39, 0.29) is 11.7 Å². The maximum atomic E-state index is 12.8. The normalized spacial score (nSPS) is 13.0. The average Bonchev–Trinajstić information content (AvgIpc) is 3.34. The van der Waals surface area contributed by atoms with Gasteiger partial charge in [-0.05, 0) is 43.7 Å². The molecule has 8 heteroatoms. The van der Waals surface area contributed by atoms with E-state index < -0.39 is 0 Å². The molecule has 3 heterocycles. The van der Waals surface area contributed by atoms with Gasteiger partial charge in [-0.2, -0.15) is 5.26 Å². The molecule has 0 saturated heterocycles. The number of benzene rings is 1. The molecule has 1 aromatic carbocycles. The number of hydrogen-bond donors (Lipinski definition) is 1. The molecule has 0 bridgehead atoms. The summed E-state index contributed by atoms with van der Waals surface area (Å²) >= 11 is 4.61. The van der Waals surface area contributed by atoms with Gasteiger partial charge in [0.25, 0.3) is 0 Å². The third-order valence-corrected chi connectivity index (χ3v) is 8.78. The van der Waals surface area contributed by atoms with Gasteiger partial charge in [0.1, 0.15) is 27.3 Å². The molecule has 160 valence electrons. The van der Waals surface area contributed by atoms with E-state index in [9.17, 15) is 10.1 Å². The zero-order valence-electron chi connectivity index (χ0n) is 17.5. The van der Waals surface area contributed by atoms with E-state index >= 15 is 0 Å². The van der Waals surface area contributed by atoms with Crippen molar-refractivity contribution in [1.82, 2.24) is 9.97 Å². The van der Waals surface area contributed by atoms with Crippen molar-refractivity contribution in [2.45, 2.75) is 37.6 Å². The Hall–Kier alpha value is -2.73. The van der Waals surface area contributed by atoms with Crippen molar-refractivity contribution in [1.29, 1.82) is 5.26 Å². The highest BCUT2D eigenvalue weighted by Crippen LogP contribution is 2.41. The highest BCUT2D eigenvalue weighted by atomic mass is 32.2. The van der Waals surface area contributed by atoms with Crippen LogP contribution in [0.2, 0.25) is 0 Å². The van der Waals surface area contributed by atoms with Crippen LogP contribution in [-0.2, 0) is 17.6 Å². The number of carbonyl (C=O) groups excluding carboxylic acids is 1. The molecule has 1 N–H and O–H groups in total. The van der Waals surface area contributed by atoms with Gasteiger partial charge in [0.15, 0.2) is 0 Å². The molecule has 4 aromatic rings. The number of thiophene rings is 2. The fourth-order valence-electron chi connectivity index (χ4n) is 4.15. The number of thioether (sulfide) groups is 1. The lowest BCUT2D eigenvalue weighted by atomic mass is 9.96.